The third-order valence-electron chi connectivity index (χ3n) is 16.9. The molecule has 6 rings (SSSR count). The van der Waals surface area contributed by atoms with Crippen molar-refractivity contribution in [3.05, 3.63) is 65.7 Å². The molecule has 0 aliphatic heterocycles. The standard InChI is InChI=1S/C57H86O5/c1-8-42(4)40-61-55(59)46-24-22-44(23-25-46)45-26-29-48(30-27-45)60-38-17-15-13-11-9-10-12-14-16-21-54(58)62-49-34-36-56(6)47(39-49)28-31-50-52-33-32-51(43(5)20-18-19-41(2)3)57(52,7)37-35-53(50)56/h22-30,41-43,49-53H,8-21,31-40H2,1-7H3/t42-,43+,49-,50-,51+,52-,53-,56-,57+/m0/s1. The first-order chi connectivity index (χ1) is 29.9. The van der Waals surface area contributed by atoms with E-state index in [0.717, 1.165) is 97.5 Å². The minimum Gasteiger partial charge on any atom is -0.494 e. The highest BCUT2D eigenvalue weighted by Gasteiger charge is 2.59. The number of benzene rings is 2. The van der Waals surface area contributed by atoms with Crippen molar-refractivity contribution in [1.82, 2.24) is 0 Å². The van der Waals surface area contributed by atoms with E-state index in [-0.39, 0.29) is 18.0 Å². The SMILES string of the molecule is CC[C@H](C)COC(=O)c1ccc(-c2ccc(OCCCCCCCCCCCC(=O)O[C@H]3CC[C@@]4(C)C(=CC[C@H]5[C@@H]6CC[C@H]([C@H](C)CCCC(C)C)[C@@]6(C)CC[C@@H]54)C3)cc2)cc1. The number of unbranched alkanes of at least 4 members (excludes halogenated alkanes) is 8. The van der Waals surface area contributed by atoms with Crippen LogP contribution in [-0.4, -0.2) is 31.3 Å². The van der Waals surface area contributed by atoms with Crippen LogP contribution in [-0.2, 0) is 14.3 Å². The number of esters is 2. The number of carbonyl (C=O) groups excluding carboxylic acids is 2. The molecule has 0 N–H and O–H groups in total. The van der Waals surface area contributed by atoms with Crippen molar-refractivity contribution in [3.8, 4) is 16.9 Å². The first kappa shape index (κ1) is 48.4. The first-order valence-electron chi connectivity index (χ1n) is 25.8. The van der Waals surface area contributed by atoms with Crippen molar-refractivity contribution in [2.24, 2.45) is 52.3 Å². The summed E-state index contributed by atoms with van der Waals surface area (Å²) in [6.45, 7) is 18.0. The lowest BCUT2D eigenvalue weighted by Gasteiger charge is -2.58. The second-order valence-corrected chi connectivity index (χ2v) is 21.6. The van der Waals surface area contributed by atoms with Crippen LogP contribution >= 0.6 is 0 Å². The molecule has 9 atom stereocenters. The fourth-order valence-electron chi connectivity index (χ4n) is 12.8. The fourth-order valence-corrected chi connectivity index (χ4v) is 12.8. The third kappa shape index (κ3) is 12.6. The van der Waals surface area contributed by atoms with Gasteiger partial charge in [-0.25, -0.2) is 4.79 Å². The molecule has 5 heteroatoms. The van der Waals surface area contributed by atoms with Gasteiger partial charge in [0, 0.05) is 12.8 Å². The topological polar surface area (TPSA) is 61.8 Å². The van der Waals surface area contributed by atoms with E-state index >= 15 is 0 Å². The van der Waals surface area contributed by atoms with Crippen molar-refractivity contribution in [2.75, 3.05) is 13.2 Å². The van der Waals surface area contributed by atoms with E-state index in [0.29, 0.717) is 35.3 Å². The number of ether oxygens (including phenoxy) is 3. The molecule has 5 nitrogen and oxygen atoms in total. The normalized spacial score (nSPS) is 27.7. The molecule has 0 heterocycles. The van der Waals surface area contributed by atoms with E-state index in [2.05, 4.69) is 66.7 Å². The summed E-state index contributed by atoms with van der Waals surface area (Å²) in [6.07, 6.45) is 29.2. The third-order valence-corrected chi connectivity index (χ3v) is 16.9. The predicted octanol–water partition coefficient (Wildman–Crippen LogP) is 15.8. The van der Waals surface area contributed by atoms with Gasteiger partial charge in [-0.1, -0.05) is 155 Å². The van der Waals surface area contributed by atoms with Crippen LogP contribution in [0.15, 0.2) is 60.2 Å². The van der Waals surface area contributed by atoms with Gasteiger partial charge in [0.05, 0.1) is 18.8 Å². The Morgan fingerprint density at radius 2 is 1.39 bits per heavy atom. The van der Waals surface area contributed by atoms with Crippen molar-refractivity contribution >= 4 is 11.9 Å². The van der Waals surface area contributed by atoms with Gasteiger partial charge in [0.25, 0.3) is 0 Å². The molecule has 62 heavy (non-hydrogen) atoms. The summed E-state index contributed by atoms with van der Waals surface area (Å²) in [5, 5.41) is 0. The molecule has 4 aliphatic rings. The average Bonchev–Trinajstić information content (AvgIpc) is 3.63. The molecule has 2 aromatic rings. The highest BCUT2D eigenvalue weighted by Crippen LogP contribution is 2.67. The lowest BCUT2D eigenvalue weighted by molar-refractivity contribution is -0.151. The fraction of sp³-hybridized carbons (Fsp3) is 0.719. The lowest BCUT2D eigenvalue weighted by Crippen LogP contribution is -2.51. The number of fused-ring (bicyclic) bond motifs is 5. The summed E-state index contributed by atoms with van der Waals surface area (Å²) in [5.74, 6) is 6.19. The van der Waals surface area contributed by atoms with E-state index in [9.17, 15) is 9.59 Å². The van der Waals surface area contributed by atoms with E-state index in [1.54, 1.807) is 5.57 Å². The minimum absolute atomic E-state index is 0.0292. The largest absolute Gasteiger partial charge is 0.494 e. The van der Waals surface area contributed by atoms with Crippen molar-refractivity contribution in [3.63, 3.8) is 0 Å². The quantitative estimate of drug-likeness (QED) is 0.0598. The Kier molecular flexibility index (Phi) is 18.1. The van der Waals surface area contributed by atoms with Gasteiger partial charge in [-0.05, 0) is 145 Å². The predicted molar refractivity (Wildman–Crippen MR) is 256 cm³/mol. The molecule has 0 aromatic heterocycles. The molecule has 0 amide bonds. The Balaban J connectivity index is 0.787. The highest BCUT2D eigenvalue weighted by atomic mass is 16.5. The number of hydrogen-bond acceptors (Lipinski definition) is 5. The molecule has 0 unspecified atom stereocenters. The Labute approximate surface area is 378 Å². The molecule has 0 bridgehead atoms. The molecule has 3 fully saturated rings. The van der Waals surface area contributed by atoms with Gasteiger partial charge >= 0.3 is 11.9 Å². The Morgan fingerprint density at radius 3 is 2.06 bits per heavy atom. The van der Waals surface area contributed by atoms with Gasteiger partial charge in [0.2, 0.25) is 0 Å². The van der Waals surface area contributed by atoms with E-state index in [1.165, 1.54) is 96.3 Å². The zero-order valence-corrected chi connectivity index (χ0v) is 40.3. The van der Waals surface area contributed by atoms with Crippen LogP contribution in [0.25, 0.3) is 11.1 Å². The second kappa shape index (κ2) is 23.2. The molecule has 0 radical (unpaired) electrons. The van der Waals surface area contributed by atoms with Gasteiger partial charge in [0.1, 0.15) is 11.9 Å². The van der Waals surface area contributed by atoms with Gasteiger partial charge in [-0.3, -0.25) is 4.79 Å². The lowest BCUT2D eigenvalue weighted by atomic mass is 9.47. The maximum absolute atomic E-state index is 13.0. The Morgan fingerprint density at radius 1 is 0.726 bits per heavy atom. The van der Waals surface area contributed by atoms with Crippen LogP contribution in [0.5, 0.6) is 5.75 Å². The summed E-state index contributed by atoms with van der Waals surface area (Å²) >= 11 is 0. The van der Waals surface area contributed by atoms with Crippen LogP contribution in [0.3, 0.4) is 0 Å². The Bertz CT molecular complexity index is 1710. The molecule has 0 spiro atoms. The molecular weight excluding hydrogens is 765 g/mol. The van der Waals surface area contributed by atoms with Gasteiger partial charge in [-0.2, -0.15) is 0 Å². The molecule has 3 saturated carbocycles. The van der Waals surface area contributed by atoms with E-state index < -0.39 is 0 Å². The average molecular weight is 851 g/mol. The summed E-state index contributed by atoms with van der Waals surface area (Å²) in [5.41, 5.74) is 5.21. The maximum Gasteiger partial charge on any atom is 0.338 e. The first-order valence-corrected chi connectivity index (χ1v) is 25.8. The van der Waals surface area contributed by atoms with Crippen LogP contribution in [0.2, 0.25) is 0 Å². The van der Waals surface area contributed by atoms with Crippen molar-refractivity contribution in [1.29, 1.82) is 0 Å². The number of rotatable bonds is 24. The monoisotopic (exact) mass is 851 g/mol. The summed E-state index contributed by atoms with van der Waals surface area (Å²) < 4.78 is 17.6. The minimum atomic E-state index is -0.261. The van der Waals surface area contributed by atoms with E-state index in [1.807, 2.05) is 36.4 Å². The van der Waals surface area contributed by atoms with Gasteiger partial charge in [-0.15, -0.1) is 0 Å². The van der Waals surface area contributed by atoms with Crippen LogP contribution < -0.4 is 4.74 Å². The number of carbonyl (C=O) groups is 2. The summed E-state index contributed by atoms with van der Waals surface area (Å²) in [4.78, 5) is 25.3. The second-order valence-electron chi connectivity index (χ2n) is 21.6. The summed E-state index contributed by atoms with van der Waals surface area (Å²) in [6, 6.07) is 15.8. The van der Waals surface area contributed by atoms with Crippen molar-refractivity contribution < 1.29 is 23.8 Å². The van der Waals surface area contributed by atoms with Crippen LogP contribution in [0.4, 0.5) is 0 Å². The Hall–Kier alpha value is -3.08. The van der Waals surface area contributed by atoms with Crippen LogP contribution in [0, 0.1) is 52.3 Å². The zero-order valence-electron chi connectivity index (χ0n) is 40.3. The van der Waals surface area contributed by atoms with Crippen LogP contribution in [0.1, 0.15) is 200 Å². The van der Waals surface area contributed by atoms with Gasteiger partial charge < -0.3 is 14.2 Å². The van der Waals surface area contributed by atoms with Gasteiger partial charge in [0.15, 0.2) is 0 Å². The zero-order chi connectivity index (χ0) is 44.1. The van der Waals surface area contributed by atoms with E-state index in [4.69, 9.17) is 14.2 Å². The molecule has 4 aliphatic carbocycles. The maximum atomic E-state index is 13.0. The molecule has 2 aromatic carbocycles. The molecular formula is C57H86O5. The number of hydrogen-bond donors (Lipinski definition) is 0. The highest BCUT2D eigenvalue weighted by molar-refractivity contribution is 5.90. The molecule has 344 valence electrons. The van der Waals surface area contributed by atoms with Crippen molar-refractivity contribution in [2.45, 2.75) is 196 Å². The number of allylic oxidation sites excluding steroid dienone is 1. The summed E-state index contributed by atoms with van der Waals surface area (Å²) in [7, 11) is 0. The molecule has 0 saturated heterocycles. The smallest absolute Gasteiger partial charge is 0.338 e.